The molecule has 3 unspecified atom stereocenters. The molecule has 0 aliphatic carbocycles. The summed E-state index contributed by atoms with van der Waals surface area (Å²) in [5.41, 5.74) is -0.373. The van der Waals surface area contributed by atoms with Gasteiger partial charge in [0.05, 0.1) is 5.60 Å². The molecule has 0 aliphatic heterocycles. The van der Waals surface area contributed by atoms with Gasteiger partial charge in [-0.2, -0.15) is 0 Å². The molecule has 0 saturated heterocycles. The number of urea groups is 1. The predicted molar refractivity (Wildman–Crippen MR) is 85.9 cm³/mol. The molecule has 118 valence electrons. The maximum absolute atomic E-state index is 11.8. The third kappa shape index (κ3) is 5.47. The highest BCUT2D eigenvalue weighted by atomic mass is 32.2. The van der Waals surface area contributed by atoms with E-state index in [2.05, 4.69) is 10.6 Å². The number of benzene rings is 1. The Hall–Kier alpha value is -1.40. The summed E-state index contributed by atoms with van der Waals surface area (Å²) in [4.78, 5) is 12.5. The van der Waals surface area contributed by atoms with Gasteiger partial charge in [0.15, 0.2) is 0 Å². The van der Waals surface area contributed by atoms with E-state index >= 15 is 0 Å². The maximum Gasteiger partial charge on any atom is 0.319 e. The number of carbonyl (C=O) groups is 1. The van der Waals surface area contributed by atoms with Crippen molar-refractivity contribution in [3.63, 3.8) is 0 Å². The second-order valence-electron chi connectivity index (χ2n) is 5.46. The second-order valence-corrected chi connectivity index (χ2v) is 6.84. The monoisotopic (exact) mass is 312 g/mol. The lowest BCUT2D eigenvalue weighted by Gasteiger charge is -2.29. The minimum absolute atomic E-state index is 0.0867. The number of amides is 2. The van der Waals surface area contributed by atoms with Crippen molar-refractivity contribution in [3.8, 4) is 0 Å². The highest BCUT2D eigenvalue weighted by Gasteiger charge is 2.27. The molecule has 5 nitrogen and oxygen atoms in total. The van der Waals surface area contributed by atoms with Crippen LogP contribution in [0.4, 0.5) is 10.5 Å². The third-order valence-corrected chi connectivity index (χ3v) is 4.62. The van der Waals surface area contributed by atoms with Gasteiger partial charge in [0.2, 0.25) is 0 Å². The van der Waals surface area contributed by atoms with Crippen LogP contribution < -0.4 is 10.6 Å². The molecule has 3 atom stereocenters. The van der Waals surface area contributed by atoms with Gasteiger partial charge in [0.1, 0.15) is 0 Å². The Morgan fingerprint density at radius 1 is 1.48 bits per heavy atom. The Morgan fingerprint density at radius 2 is 2.14 bits per heavy atom. The highest BCUT2D eigenvalue weighted by Crippen LogP contribution is 2.19. The lowest BCUT2D eigenvalue weighted by molar-refractivity contribution is 0.00827. The van der Waals surface area contributed by atoms with Gasteiger partial charge in [0.25, 0.3) is 0 Å². The van der Waals surface area contributed by atoms with Crippen LogP contribution in [0.25, 0.3) is 0 Å². The molecule has 0 saturated carbocycles. The Morgan fingerprint density at radius 3 is 2.71 bits per heavy atom. The van der Waals surface area contributed by atoms with Crippen LogP contribution in [0, 0.1) is 5.92 Å². The quantitative estimate of drug-likeness (QED) is 0.754. The summed E-state index contributed by atoms with van der Waals surface area (Å²) in [5.74, 6) is 0.0867. The van der Waals surface area contributed by atoms with Crippen LogP contribution in [0.1, 0.15) is 27.2 Å². The molecule has 0 aromatic heterocycles. The number of carbonyl (C=O) groups excluding carboxylic acids is 1. The van der Waals surface area contributed by atoms with Gasteiger partial charge < -0.3 is 15.7 Å². The third-order valence-electron chi connectivity index (χ3n) is 3.70. The molecule has 1 aromatic carbocycles. The summed E-state index contributed by atoms with van der Waals surface area (Å²) < 4.78 is 11.4. The van der Waals surface area contributed by atoms with Gasteiger partial charge in [0, 0.05) is 34.2 Å². The molecule has 0 bridgehead atoms. The fraction of sp³-hybridized carbons (Fsp3) is 0.533. The zero-order valence-corrected chi connectivity index (χ0v) is 13.8. The predicted octanol–water partition coefficient (Wildman–Crippen LogP) is 2.34. The fourth-order valence-electron chi connectivity index (χ4n) is 1.80. The van der Waals surface area contributed by atoms with Crippen molar-refractivity contribution in [1.82, 2.24) is 5.32 Å². The van der Waals surface area contributed by atoms with Crippen molar-refractivity contribution in [2.45, 2.75) is 37.7 Å². The van der Waals surface area contributed by atoms with Crippen molar-refractivity contribution < 1.29 is 14.1 Å². The van der Waals surface area contributed by atoms with Crippen molar-refractivity contribution in [2.75, 3.05) is 18.1 Å². The Kier molecular flexibility index (Phi) is 6.36. The molecule has 6 heteroatoms. The van der Waals surface area contributed by atoms with E-state index in [0.717, 1.165) is 6.42 Å². The van der Waals surface area contributed by atoms with Gasteiger partial charge in [-0.1, -0.05) is 26.3 Å². The first-order valence-electron chi connectivity index (χ1n) is 6.97. The minimum atomic E-state index is -1.09. The van der Waals surface area contributed by atoms with E-state index in [1.807, 2.05) is 13.8 Å². The Labute approximate surface area is 128 Å². The molecular weight excluding hydrogens is 288 g/mol. The van der Waals surface area contributed by atoms with Crippen LogP contribution in [-0.4, -0.2) is 33.7 Å². The van der Waals surface area contributed by atoms with Crippen LogP contribution in [0.2, 0.25) is 0 Å². The van der Waals surface area contributed by atoms with E-state index < -0.39 is 22.4 Å². The first kappa shape index (κ1) is 17.7. The van der Waals surface area contributed by atoms with Gasteiger partial charge in [-0.15, -0.1) is 0 Å². The van der Waals surface area contributed by atoms with Gasteiger partial charge >= 0.3 is 6.03 Å². The van der Waals surface area contributed by atoms with Crippen molar-refractivity contribution in [3.05, 3.63) is 24.3 Å². The van der Waals surface area contributed by atoms with Gasteiger partial charge in [-0.25, -0.2) is 4.79 Å². The maximum atomic E-state index is 11.8. The molecule has 0 heterocycles. The lowest BCUT2D eigenvalue weighted by atomic mass is 9.89. The smallest absolute Gasteiger partial charge is 0.319 e. The van der Waals surface area contributed by atoms with Crippen molar-refractivity contribution in [1.29, 1.82) is 0 Å². The summed E-state index contributed by atoms with van der Waals surface area (Å²) in [5, 5.41) is 15.6. The molecular formula is C15H24N2O3S. The molecule has 21 heavy (non-hydrogen) atoms. The molecule has 0 radical (unpaired) electrons. The summed E-state index contributed by atoms with van der Waals surface area (Å²) in [6.07, 6.45) is 2.42. The summed E-state index contributed by atoms with van der Waals surface area (Å²) in [6, 6.07) is 6.48. The van der Waals surface area contributed by atoms with E-state index in [1.165, 1.54) is 0 Å². The van der Waals surface area contributed by atoms with Crippen LogP contribution in [0.15, 0.2) is 29.2 Å². The Bertz CT molecular complexity index is 517. The topological polar surface area (TPSA) is 78.4 Å². The summed E-state index contributed by atoms with van der Waals surface area (Å²) in [6.45, 7) is 5.82. The number of rotatable bonds is 6. The zero-order chi connectivity index (χ0) is 16.0. The minimum Gasteiger partial charge on any atom is -0.388 e. The van der Waals surface area contributed by atoms with Crippen LogP contribution in [0.3, 0.4) is 0 Å². The number of aliphatic hydroxyl groups is 1. The van der Waals surface area contributed by atoms with Crippen LogP contribution in [-0.2, 0) is 10.8 Å². The summed E-state index contributed by atoms with van der Waals surface area (Å²) in [7, 11) is -1.09. The van der Waals surface area contributed by atoms with E-state index in [9.17, 15) is 14.1 Å². The molecule has 1 rings (SSSR count). The van der Waals surface area contributed by atoms with E-state index in [-0.39, 0.29) is 12.5 Å². The number of hydrogen-bond donors (Lipinski definition) is 3. The lowest BCUT2D eigenvalue weighted by Crippen LogP contribution is -2.46. The van der Waals surface area contributed by atoms with Crippen molar-refractivity contribution in [2.24, 2.45) is 5.92 Å². The SMILES string of the molecule is CCC(C)C(C)(O)CNC(=O)Nc1cccc(S(C)=O)c1. The summed E-state index contributed by atoms with van der Waals surface area (Å²) >= 11 is 0. The number of hydrogen-bond acceptors (Lipinski definition) is 3. The fourth-order valence-corrected chi connectivity index (χ4v) is 2.36. The van der Waals surface area contributed by atoms with E-state index in [4.69, 9.17) is 0 Å². The van der Waals surface area contributed by atoms with Crippen LogP contribution >= 0.6 is 0 Å². The molecule has 0 spiro atoms. The molecule has 0 aliphatic rings. The average Bonchev–Trinajstić information content (AvgIpc) is 2.44. The number of anilines is 1. The Balaban J connectivity index is 2.58. The van der Waals surface area contributed by atoms with Gasteiger partial charge in [-0.05, 0) is 31.0 Å². The van der Waals surface area contributed by atoms with Crippen LogP contribution in [0.5, 0.6) is 0 Å². The first-order chi connectivity index (χ1) is 9.76. The standard InChI is InChI=1S/C15H24N2O3S/c1-5-11(2)15(3,19)10-16-14(18)17-12-7-6-8-13(9-12)21(4)20/h6-9,11,19H,5,10H2,1-4H3,(H2,16,17,18). The van der Waals surface area contributed by atoms with E-state index in [1.54, 1.807) is 37.4 Å². The molecule has 3 N–H and O–H groups in total. The normalized spacial score (nSPS) is 16.6. The second kappa shape index (κ2) is 7.56. The zero-order valence-electron chi connectivity index (χ0n) is 13.0. The van der Waals surface area contributed by atoms with E-state index in [0.29, 0.717) is 10.6 Å². The van der Waals surface area contributed by atoms with Gasteiger partial charge in [-0.3, -0.25) is 4.21 Å². The molecule has 0 fully saturated rings. The molecule has 1 aromatic rings. The highest BCUT2D eigenvalue weighted by molar-refractivity contribution is 7.84. The average molecular weight is 312 g/mol. The number of nitrogens with one attached hydrogen (secondary N) is 2. The first-order valence-corrected chi connectivity index (χ1v) is 8.52. The molecule has 2 amide bonds. The van der Waals surface area contributed by atoms with Crippen molar-refractivity contribution >= 4 is 22.5 Å². The largest absolute Gasteiger partial charge is 0.388 e.